The number of carbonyl (C=O) groups is 2. The second kappa shape index (κ2) is 6.82. The summed E-state index contributed by atoms with van der Waals surface area (Å²) in [6.45, 7) is 3.71. The lowest BCUT2D eigenvalue weighted by Crippen LogP contribution is -2.39. The van der Waals surface area contributed by atoms with Gasteiger partial charge in [0.25, 0.3) is 0 Å². The van der Waals surface area contributed by atoms with Crippen molar-refractivity contribution in [2.24, 2.45) is 5.73 Å². The molecular formula is C8H12N4O2S3. The minimum atomic E-state index is -0.845. The van der Waals surface area contributed by atoms with Crippen molar-refractivity contribution in [3.8, 4) is 0 Å². The molecule has 1 atom stereocenters. The van der Waals surface area contributed by atoms with Crippen molar-refractivity contribution in [2.45, 2.75) is 27.8 Å². The Morgan fingerprint density at radius 3 is 2.71 bits per heavy atom. The Morgan fingerprint density at radius 1 is 1.47 bits per heavy atom. The van der Waals surface area contributed by atoms with E-state index in [9.17, 15) is 9.59 Å². The van der Waals surface area contributed by atoms with Gasteiger partial charge in [0.2, 0.25) is 5.91 Å². The number of amides is 3. The van der Waals surface area contributed by atoms with Gasteiger partial charge < -0.3 is 5.73 Å². The lowest BCUT2D eigenvalue weighted by atomic mass is 10.4. The average molecular weight is 292 g/mol. The lowest BCUT2D eigenvalue weighted by Gasteiger charge is -2.06. The Kier molecular flexibility index (Phi) is 5.72. The number of carbonyl (C=O) groups excluding carboxylic acids is 2. The molecule has 1 unspecified atom stereocenters. The van der Waals surface area contributed by atoms with E-state index in [2.05, 4.69) is 10.2 Å². The fraction of sp³-hybridized carbons (Fsp3) is 0.500. The smallest absolute Gasteiger partial charge is 0.318 e. The molecule has 0 saturated heterocycles. The van der Waals surface area contributed by atoms with E-state index in [-0.39, 0.29) is 0 Å². The van der Waals surface area contributed by atoms with Crippen LogP contribution >= 0.6 is 34.9 Å². The maximum Gasteiger partial charge on any atom is 0.318 e. The molecular weight excluding hydrogens is 280 g/mol. The molecule has 0 aliphatic heterocycles. The highest BCUT2D eigenvalue weighted by atomic mass is 32.2. The summed E-state index contributed by atoms with van der Waals surface area (Å²) in [6, 6.07) is -0.845. The molecule has 1 aromatic rings. The number of nitrogens with two attached hydrogens (primary N) is 1. The first-order chi connectivity index (χ1) is 8.02. The summed E-state index contributed by atoms with van der Waals surface area (Å²) >= 11 is 4.28. The van der Waals surface area contributed by atoms with Gasteiger partial charge in [0.05, 0.1) is 5.25 Å². The summed E-state index contributed by atoms with van der Waals surface area (Å²) < 4.78 is 1.57. The summed E-state index contributed by atoms with van der Waals surface area (Å²) in [5.41, 5.74) is 4.86. The van der Waals surface area contributed by atoms with Crippen LogP contribution in [0.3, 0.4) is 0 Å². The van der Waals surface area contributed by atoms with Crippen molar-refractivity contribution >= 4 is 46.8 Å². The molecule has 0 aliphatic rings. The molecule has 9 heteroatoms. The molecule has 0 saturated carbocycles. The largest absolute Gasteiger partial charge is 0.351 e. The summed E-state index contributed by atoms with van der Waals surface area (Å²) in [7, 11) is 0. The second-order valence-electron chi connectivity index (χ2n) is 2.88. The van der Waals surface area contributed by atoms with Crippen LogP contribution in [-0.2, 0) is 4.79 Å². The van der Waals surface area contributed by atoms with E-state index in [0.29, 0.717) is 4.34 Å². The SMILES string of the molecule is CCSc1nnc(SC(C)C(=O)NC(N)=O)s1. The number of primary amides is 1. The van der Waals surface area contributed by atoms with Crippen molar-refractivity contribution < 1.29 is 9.59 Å². The van der Waals surface area contributed by atoms with Gasteiger partial charge in [-0.05, 0) is 12.7 Å². The van der Waals surface area contributed by atoms with Crippen LogP contribution in [0.4, 0.5) is 4.79 Å². The zero-order valence-electron chi connectivity index (χ0n) is 9.30. The van der Waals surface area contributed by atoms with Gasteiger partial charge in [-0.1, -0.05) is 41.8 Å². The van der Waals surface area contributed by atoms with E-state index in [1.165, 1.54) is 23.1 Å². The molecule has 1 rings (SSSR count). The molecule has 0 spiro atoms. The van der Waals surface area contributed by atoms with Crippen molar-refractivity contribution in [2.75, 3.05) is 5.75 Å². The summed E-state index contributed by atoms with van der Waals surface area (Å²) in [5.74, 6) is 0.499. The highest BCUT2D eigenvalue weighted by molar-refractivity contribution is 8.03. The van der Waals surface area contributed by atoms with E-state index >= 15 is 0 Å². The molecule has 17 heavy (non-hydrogen) atoms. The normalized spacial score (nSPS) is 12.1. The van der Waals surface area contributed by atoms with E-state index in [1.54, 1.807) is 18.7 Å². The summed E-state index contributed by atoms with van der Waals surface area (Å²) in [6.07, 6.45) is 0. The topological polar surface area (TPSA) is 98.0 Å². The van der Waals surface area contributed by atoms with Crippen LogP contribution in [0.25, 0.3) is 0 Å². The van der Waals surface area contributed by atoms with Gasteiger partial charge in [0, 0.05) is 0 Å². The fourth-order valence-electron chi connectivity index (χ4n) is 0.854. The molecule has 1 heterocycles. The Hall–Kier alpha value is -0.800. The maximum absolute atomic E-state index is 11.4. The van der Waals surface area contributed by atoms with Gasteiger partial charge in [-0.2, -0.15) is 0 Å². The fourth-order valence-corrected chi connectivity index (χ4v) is 3.92. The average Bonchev–Trinajstić information content (AvgIpc) is 2.65. The number of aromatic nitrogens is 2. The van der Waals surface area contributed by atoms with E-state index in [1.807, 2.05) is 12.2 Å². The van der Waals surface area contributed by atoms with Crippen molar-refractivity contribution in [1.82, 2.24) is 15.5 Å². The first-order valence-electron chi connectivity index (χ1n) is 4.76. The van der Waals surface area contributed by atoms with Crippen LogP contribution in [-0.4, -0.2) is 33.1 Å². The molecule has 94 valence electrons. The maximum atomic E-state index is 11.4. The Balaban J connectivity index is 2.52. The number of urea groups is 1. The molecule has 0 fully saturated rings. The number of nitrogens with one attached hydrogen (secondary N) is 1. The Morgan fingerprint density at radius 2 is 2.12 bits per heavy atom. The van der Waals surface area contributed by atoms with Crippen LogP contribution < -0.4 is 11.1 Å². The number of imide groups is 1. The van der Waals surface area contributed by atoms with Crippen LogP contribution in [0.1, 0.15) is 13.8 Å². The number of hydrogen-bond donors (Lipinski definition) is 2. The standard InChI is InChI=1S/C8H12N4O2S3/c1-3-15-7-11-12-8(17-7)16-4(2)5(13)10-6(9)14/h4H,3H2,1-2H3,(H3,9,10,13,14). The quantitative estimate of drug-likeness (QED) is 0.794. The molecule has 3 N–H and O–H groups in total. The molecule has 6 nitrogen and oxygen atoms in total. The number of nitrogens with zero attached hydrogens (tertiary/aromatic N) is 2. The van der Waals surface area contributed by atoms with Gasteiger partial charge in [-0.25, -0.2) is 4.79 Å². The first-order valence-corrected chi connectivity index (χ1v) is 7.44. The lowest BCUT2D eigenvalue weighted by molar-refractivity contribution is -0.119. The summed E-state index contributed by atoms with van der Waals surface area (Å²) in [4.78, 5) is 21.9. The highest BCUT2D eigenvalue weighted by Crippen LogP contribution is 2.30. The van der Waals surface area contributed by atoms with Gasteiger partial charge in [0.15, 0.2) is 8.68 Å². The van der Waals surface area contributed by atoms with Crippen LogP contribution in [0.2, 0.25) is 0 Å². The van der Waals surface area contributed by atoms with Crippen LogP contribution in [0, 0.1) is 0 Å². The molecule has 0 radical (unpaired) electrons. The Bertz CT molecular complexity index is 409. The summed E-state index contributed by atoms with van der Waals surface area (Å²) in [5, 5.41) is 9.51. The third-order valence-corrected chi connectivity index (χ3v) is 4.67. The van der Waals surface area contributed by atoms with Crippen molar-refractivity contribution in [3.63, 3.8) is 0 Å². The number of hydrogen-bond acceptors (Lipinski definition) is 7. The second-order valence-corrected chi connectivity index (χ2v) is 6.96. The monoisotopic (exact) mass is 292 g/mol. The minimum Gasteiger partial charge on any atom is -0.351 e. The van der Waals surface area contributed by atoms with Crippen molar-refractivity contribution in [3.05, 3.63) is 0 Å². The molecule has 3 amide bonds. The predicted octanol–water partition coefficient (Wildman–Crippen LogP) is 1.33. The van der Waals surface area contributed by atoms with Gasteiger partial charge in [0.1, 0.15) is 0 Å². The Labute approximate surface area is 111 Å². The number of rotatable bonds is 5. The first kappa shape index (κ1) is 14.3. The highest BCUT2D eigenvalue weighted by Gasteiger charge is 2.18. The third-order valence-electron chi connectivity index (χ3n) is 1.55. The minimum absolute atomic E-state index is 0.428. The van der Waals surface area contributed by atoms with Crippen LogP contribution in [0.5, 0.6) is 0 Å². The number of thioether (sulfide) groups is 2. The van der Waals surface area contributed by atoms with E-state index in [0.717, 1.165) is 10.1 Å². The van der Waals surface area contributed by atoms with Crippen molar-refractivity contribution in [1.29, 1.82) is 0 Å². The van der Waals surface area contributed by atoms with E-state index in [4.69, 9.17) is 5.73 Å². The van der Waals surface area contributed by atoms with Gasteiger partial charge in [-0.3, -0.25) is 10.1 Å². The molecule has 0 aliphatic carbocycles. The molecule has 1 aromatic heterocycles. The molecule has 0 bridgehead atoms. The van der Waals surface area contributed by atoms with Crippen LogP contribution in [0.15, 0.2) is 8.68 Å². The van der Waals surface area contributed by atoms with Gasteiger partial charge in [-0.15, -0.1) is 10.2 Å². The molecule has 0 aromatic carbocycles. The van der Waals surface area contributed by atoms with E-state index < -0.39 is 17.2 Å². The van der Waals surface area contributed by atoms with Gasteiger partial charge >= 0.3 is 6.03 Å². The zero-order chi connectivity index (χ0) is 12.8. The zero-order valence-corrected chi connectivity index (χ0v) is 11.7. The predicted molar refractivity (Wildman–Crippen MR) is 69.4 cm³/mol. The third kappa shape index (κ3) is 4.92.